The van der Waals surface area contributed by atoms with Crippen LogP contribution in [0.1, 0.15) is 26.2 Å². The van der Waals surface area contributed by atoms with Crippen LogP contribution in [0.2, 0.25) is 0 Å². The average molecular weight is 204 g/mol. The molecule has 82 valence electrons. The Bertz CT molecular complexity index is 289. The molecule has 1 fully saturated rings. The van der Waals surface area contributed by atoms with Crippen LogP contribution in [0.3, 0.4) is 0 Å². The van der Waals surface area contributed by atoms with E-state index in [0.717, 1.165) is 13.1 Å². The number of piperidine rings is 1. The molecule has 1 saturated heterocycles. The highest BCUT2D eigenvalue weighted by molar-refractivity contribution is 5.45. The molecule has 0 unspecified atom stereocenters. The Labute approximate surface area is 92.1 Å². The summed E-state index contributed by atoms with van der Waals surface area (Å²) in [5, 5.41) is 7.12. The summed E-state index contributed by atoms with van der Waals surface area (Å²) < 4.78 is 0. The number of hydrogen-bond acceptors (Lipinski definition) is 2. The van der Waals surface area contributed by atoms with E-state index in [1.54, 1.807) is 0 Å². The van der Waals surface area contributed by atoms with Crippen LogP contribution >= 0.6 is 0 Å². The van der Waals surface area contributed by atoms with Crippen molar-refractivity contribution in [3.05, 3.63) is 30.3 Å². The van der Waals surface area contributed by atoms with Gasteiger partial charge in [0.1, 0.15) is 0 Å². The number of hydrogen-bond donors (Lipinski definition) is 2. The highest BCUT2D eigenvalue weighted by Gasteiger charge is 2.29. The molecule has 0 spiro atoms. The topological polar surface area (TPSA) is 24.1 Å². The quantitative estimate of drug-likeness (QED) is 0.791. The first kappa shape index (κ1) is 10.5. The standard InChI is InChI=1S/C13H20N2/c1-2-13(8-10-14-11-9-13)15-12-6-4-3-5-7-12/h3-7,14-15H,2,8-11H2,1H3. The Balaban J connectivity index is 2.07. The molecule has 1 aromatic rings. The summed E-state index contributed by atoms with van der Waals surface area (Å²) in [4.78, 5) is 0. The fourth-order valence-electron chi connectivity index (χ4n) is 2.30. The first-order chi connectivity index (χ1) is 7.35. The molecule has 1 aliphatic heterocycles. The van der Waals surface area contributed by atoms with Gasteiger partial charge in [-0.05, 0) is 44.5 Å². The van der Waals surface area contributed by atoms with Gasteiger partial charge in [-0.15, -0.1) is 0 Å². The monoisotopic (exact) mass is 204 g/mol. The first-order valence-corrected chi connectivity index (χ1v) is 5.89. The van der Waals surface area contributed by atoms with E-state index in [4.69, 9.17) is 0 Å². The number of benzene rings is 1. The van der Waals surface area contributed by atoms with Crippen molar-refractivity contribution in [2.24, 2.45) is 0 Å². The number of anilines is 1. The van der Waals surface area contributed by atoms with Gasteiger partial charge in [-0.3, -0.25) is 0 Å². The van der Waals surface area contributed by atoms with Crippen LogP contribution in [0.25, 0.3) is 0 Å². The summed E-state index contributed by atoms with van der Waals surface area (Å²) in [6.45, 7) is 4.54. The smallest absolute Gasteiger partial charge is 0.0395 e. The molecule has 0 radical (unpaired) electrons. The summed E-state index contributed by atoms with van der Waals surface area (Å²) in [7, 11) is 0. The maximum absolute atomic E-state index is 3.70. The van der Waals surface area contributed by atoms with Crippen molar-refractivity contribution in [1.29, 1.82) is 0 Å². The zero-order valence-corrected chi connectivity index (χ0v) is 9.42. The highest BCUT2D eigenvalue weighted by Crippen LogP contribution is 2.27. The largest absolute Gasteiger partial charge is 0.380 e. The van der Waals surface area contributed by atoms with E-state index >= 15 is 0 Å². The molecule has 1 heterocycles. The molecule has 0 saturated carbocycles. The van der Waals surface area contributed by atoms with Crippen LogP contribution < -0.4 is 10.6 Å². The summed E-state index contributed by atoms with van der Waals surface area (Å²) >= 11 is 0. The fourth-order valence-corrected chi connectivity index (χ4v) is 2.30. The normalized spacial score (nSPS) is 19.8. The lowest BCUT2D eigenvalue weighted by molar-refractivity contribution is 0.329. The molecule has 0 amide bonds. The molecular weight excluding hydrogens is 184 g/mol. The summed E-state index contributed by atoms with van der Waals surface area (Å²) in [5.74, 6) is 0. The summed E-state index contributed by atoms with van der Waals surface area (Å²) in [6.07, 6.45) is 3.64. The maximum Gasteiger partial charge on any atom is 0.0395 e. The van der Waals surface area contributed by atoms with Gasteiger partial charge >= 0.3 is 0 Å². The van der Waals surface area contributed by atoms with Crippen molar-refractivity contribution < 1.29 is 0 Å². The van der Waals surface area contributed by atoms with Gasteiger partial charge in [-0.1, -0.05) is 25.1 Å². The third-order valence-electron chi connectivity index (χ3n) is 3.42. The number of para-hydroxylation sites is 1. The summed E-state index contributed by atoms with van der Waals surface area (Å²) in [5.41, 5.74) is 1.56. The van der Waals surface area contributed by atoms with Crippen LogP contribution in [0.4, 0.5) is 5.69 Å². The van der Waals surface area contributed by atoms with Gasteiger partial charge in [0, 0.05) is 11.2 Å². The van der Waals surface area contributed by atoms with Crippen molar-refractivity contribution in [3.8, 4) is 0 Å². The van der Waals surface area contributed by atoms with Gasteiger partial charge in [-0.2, -0.15) is 0 Å². The van der Waals surface area contributed by atoms with Gasteiger partial charge in [0.25, 0.3) is 0 Å². The maximum atomic E-state index is 3.70. The lowest BCUT2D eigenvalue weighted by Gasteiger charge is -2.38. The molecule has 1 aromatic carbocycles. The predicted molar refractivity (Wildman–Crippen MR) is 65.2 cm³/mol. The Morgan fingerprint density at radius 3 is 2.47 bits per heavy atom. The van der Waals surface area contributed by atoms with Gasteiger partial charge in [0.2, 0.25) is 0 Å². The SMILES string of the molecule is CCC1(Nc2ccccc2)CCNCC1. The molecule has 0 atom stereocenters. The zero-order chi connectivity index (χ0) is 10.6. The van der Waals surface area contributed by atoms with Crippen molar-refractivity contribution in [2.75, 3.05) is 18.4 Å². The Kier molecular flexibility index (Phi) is 3.27. The fraction of sp³-hybridized carbons (Fsp3) is 0.538. The van der Waals surface area contributed by atoms with Crippen molar-refractivity contribution >= 4 is 5.69 Å². The molecule has 0 aromatic heterocycles. The molecule has 2 nitrogen and oxygen atoms in total. The number of nitrogens with one attached hydrogen (secondary N) is 2. The van der Waals surface area contributed by atoms with Crippen LogP contribution in [-0.4, -0.2) is 18.6 Å². The minimum atomic E-state index is 0.312. The van der Waals surface area contributed by atoms with E-state index in [-0.39, 0.29) is 0 Å². The minimum Gasteiger partial charge on any atom is -0.380 e. The highest BCUT2D eigenvalue weighted by atomic mass is 15.0. The molecule has 2 rings (SSSR count). The minimum absolute atomic E-state index is 0.312. The van der Waals surface area contributed by atoms with Gasteiger partial charge in [-0.25, -0.2) is 0 Å². The van der Waals surface area contributed by atoms with Gasteiger partial charge in [0.15, 0.2) is 0 Å². The second-order valence-corrected chi connectivity index (χ2v) is 4.37. The third-order valence-corrected chi connectivity index (χ3v) is 3.42. The van der Waals surface area contributed by atoms with E-state index in [9.17, 15) is 0 Å². The van der Waals surface area contributed by atoms with E-state index in [2.05, 4.69) is 47.9 Å². The van der Waals surface area contributed by atoms with Gasteiger partial charge in [0.05, 0.1) is 0 Å². The van der Waals surface area contributed by atoms with Crippen molar-refractivity contribution in [1.82, 2.24) is 5.32 Å². The first-order valence-electron chi connectivity index (χ1n) is 5.89. The van der Waals surface area contributed by atoms with Gasteiger partial charge < -0.3 is 10.6 Å². The van der Waals surface area contributed by atoms with E-state index in [1.807, 2.05) is 0 Å². The molecule has 1 aliphatic rings. The molecule has 2 heteroatoms. The molecule has 0 bridgehead atoms. The Morgan fingerprint density at radius 1 is 1.20 bits per heavy atom. The Morgan fingerprint density at radius 2 is 1.87 bits per heavy atom. The summed E-state index contributed by atoms with van der Waals surface area (Å²) in [6, 6.07) is 10.5. The lowest BCUT2D eigenvalue weighted by atomic mass is 9.85. The number of rotatable bonds is 3. The van der Waals surface area contributed by atoms with E-state index in [0.29, 0.717) is 5.54 Å². The van der Waals surface area contributed by atoms with Crippen LogP contribution in [-0.2, 0) is 0 Å². The molecule has 15 heavy (non-hydrogen) atoms. The predicted octanol–water partition coefficient (Wildman–Crippen LogP) is 2.63. The molecule has 0 aliphatic carbocycles. The zero-order valence-electron chi connectivity index (χ0n) is 9.42. The molecular formula is C13H20N2. The van der Waals surface area contributed by atoms with E-state index in [1.165, 1.54) is 24.9 Å². The van der Waals surface area contributed by atoms with Crippen molar-refractivity contribution in [3.63, 3.8) is 0 Å². The van der Waals surface area contributed by atoms with Crippen molar-refractivity contribution in [2.45, 2.75) is 31.7 Å². The van der Waals surface area contributed by atoms with Crippen LogP contribution in [0, 0.1) is 0 Å². The van der Waals surface area contributed by atoms with E-state index < -0.39 is 0 Å². The second kappa shape index (κ2) is 4.67. The van der Waals surface area contributed by atoms with Crippen LogP contribution in [0.5, 0.6) is 0 Å². The lowest BCUT2D eigenvalue weighted by Crippen LogP contribution is -2.47. The van der Waals surface area contributed by atoms with Crippen LogP contribution in [0.15, 0.2) is 30.3 Å². The molecule has 2 N–H and O–H groups in total. The Hall–Kier alpha value is -1.02. The second-order valence-electron chi connectivity index (χ2n) is 4.37. The third kappa shape index (κ3) is 2.51. The average Bonchev–Trinajstić information content (AvgIpc) is 2.32.